The van der Waals surface area contributed by atoms with Crippen LogP contribution in [0.3, 0.4) is 0 Å². The van der Waals surface area contributed by atoms with E-state index in [0.29, 0.717) is 44.8 Å². The van der Waals surface area contributed by atoms with Crippen LogP contribution < -0.4 is 11.1 Å². The first-order valence-electron chi connectivity index (χ1n) is 10.8. The zero-order valence-electron chi connectivity index (χ0n) is 18.8. The predicted molar refractivity (Wildman–Crippen MR) is 129 cm³/mol. The summed E-state index contributed by atoms with van der Waals surface area (Å²) in [5.74, 6) is -0.370. The van der Waals surface area contributed by atoms with Gasteiger partial charge in [0.15, 0.2) is 5.82 Å². The number of aliphatic hydroxyl groups excluding tert-OH is 2. The Balaban J connectivity index is 1.58. The molecule has 12 heteroatoms. The molecule has 0 aliphatic heterocycles. The minimum absolute atomic E-state index is 0.0825. The lowest BCUT2D eigenvalue weighted by Crippen LogP contribution is -2.11. The van der Waals surface area contributed by atoms with Crippen LogP contribution in [0.5, 0.6) is 0 Å². The lowest BCUT2D eigenvalue weighted by molar-refractivity contribution is 0.100. The fourth-order valence-electron chi connectivity index (χ4n) is 3.40. The third-order valence-corrected chi connectivity index (χ3v) is 6.36. The number of halogens is 1. The van der Waals surface area contributed by atoms with Crippen molar-refractivity contribution in [2.45, 2.75) is 25.8 Å². The summed E-state index contributed by atoms with van der Waals surface area (Å²) in [6.07, 6.45) is 0.323. The van der Waals surface area contributed by atoms with Crippen molar-refractivity contribution in [3.8, 4) is 10.4 Å². The number of carbonyl (C=O) groups is 1. The summed E-state index contributed by atoms with van der Waals surface area (Å²) < 4.78 is 14.9. The Morgan fingerprint density at radius 3 is 2.80 bits per heavy atom. The van der Waals surface area contributed by atoms with Gasteiger partial charge in [-0.25, -0.2) is 9.37 Å². The molecule has 4 aromatic rings. The smallest absolute Gasteiger partial charge is 0.251 e. The highest BCUT2D eigenvalue weighted by Crippen LogP contribution is 2.38. The van der Waals surface area contributed by atoms with Crippen LogP contribution in [-0.2, 0) is 13.0 Å². The summed E-state index contributed by atoms with van der Waals surface area (Å²) in [6, 6.07) is 11.7. The van der Waals surface area contributed by atoms with Gasteiger partial charge in [0.1, 0.15) is 16.6 Å². The van der Waals surface area contributed by atoms with Crippen LogP contribution in [0.2, 0.25) is 0 Å². The molecule has 4 rings (SSSR count). The Kier molecular flexibility index (Phi) is 7.44. The number of pyridine rings is 1. The van der Waals surface area contributed by atoms with E-state index in [1.807, 2.05) is 0 Å². The highest BCUT2D eigenvalue weighted by molar-refractivity contribution is 7.19. The van der Waals surface area contributed by atoms with Crippen molar-refractivity contribution in [1.29, 1.82) is 0 Å². The van der Waals surface area contributed by atoms with Crippen molar-refractivity contribution in [2.75, 3.05) is 18.5 Å². The number of amides is 1. The molecule has 0 spiro atoms. The molecule has 10 nitrogen and oxygen atoms in total. The first-order valence-corrected chi connectivity index (χ1v) is 11.6. The van der Waals surface area contributed by atoms with Crippen LogP contribution in [0.1, 0.15) is 40.3 Å². The first kappa shape index (κ1) is 24.4. The van der Waals surface area contributed by atoms with Gasteiger partial charge in [0, 0.05) is 23.0 Å². The number of nitrogens with zero attached hydrogens (tertiary/aromatic N) is 5. The molecule has 0 aliphatic carbocycles. The second-order valence-electron chi connectivity index (χ2n) is 7.88. The fraction of sp³-hybridized carbons (Fsp3) is 0.261. The molecule has 3 heterocycles. The Bertz CT molecular complexity index is 1340. The average Bonchev–Trinajstić information content (AvgIpc) is 3.46. The van der Waals surface area contributed by atoms with E-state index in [4.69, 9.17) is 10.8 Å². The Hall–Kier alpha value is -3.74. The molecule has 1 unspecified atom stereocenters. The molecule has 0 saturated carbocycles. The molecule has 1 aromatic carbocycles. The molecular formula is C23H24FN7O3S. The SMILES string of the molecule is CC(CO)c1ccc(-c2cc(C(N)=O)c(Nc3cccc(Cc4nnn(CCO)n4)n3)s2)c(F)c1. The molecule has 0 fully saturated rings. The van der Waals surface area contributed by atoms with Crippen molar-refractivity contribution in [3.05, 3.63) is 70.9 Å². The summed E-state index contributed by atoms with van der Waals surface area (Å²) in [7, 11) is 0. The minimum atomic E-state index is -0.651. The van der Waals surface area contributed by atoms with Crippen LogP contribution in [0.15, 0.2) is 42.5 Å². The molecular weight excluding hydrogens is 473 g/mol. The standard InChI is InChI=1S/C23H24FN7O3S/c1-13(12-33)14-5-6-16(18(24)9-14)19-11-17(22(25)34)23(35-19)27-20-4-2-3-15(26-20)10-21-28-30-31(29-21)7-8-32/h2-6,9,11,13,32-33H,7-8,10,12H2,1H3,(H2,25,34)(H,26,27). The Labute approximate surface area is 204 Å². The van der Waals surface area contributed by atoms with E-state index in [9.17, 15) is 14.3 Å². The minimum Gasteiger partial charge on any atom is -0.396 e. The number of carbonyl (C=O) groups excluding carboxylic acids is 1. The first-order chi connectivity index (χ1) is 16.9. The zero-order chi connectivity index (χ0) is 24.9. The molecule has 5 N–H and O–H groups in total. The number of rotatable bonds is 10. The number of hydrogen-bond acceptors (Lipinski definition) is 9. The van der Waals surface area contributed by atoms with Crippen LogP contribution in [-0.4, -0.2) is 54.5 Å². The van der Waals surface area contributed by atoms with Crippen molar-refractivity contribution in [3.63, 3.8) is 0 Å². The van der Waals surface area contributed by atoms with Gasteiger partial charge in [-0.1, -0.05) is 25.1 Å². The Morgan fingerprint density at radius 1 is 1.26 bits per heavy atom. The Morgan fingerprint density at radius 2 is 2.09 bits per heavy atom. The second-order valence-corrected chi connectivity index (χ2v) is 8.93. The van der Waals surface area contributed by atoms with E-state index in [1.165, 1.54) is 22.2 Å². The largest absolute Gasteiger partial charge is 0.396 e. The van der Waals surface area contributed by atoms with Gasteiger partial charge in [-0.05, 0) is 35.0 Å². The number of anilines is 2. The second kappa shape index (κ2) is 10.7. The molecule has 35 heavy (non-hydrogen) atoms. The molecule has 1 atom stereocenters. The van der Waals surface area contributed by atoms with E-state index in [1.54, 1.807) is 43.3 Å². The normalized spacial score (nSPS) is 12.0. The number of hydrogen-bond donors (Lipinski definition) is 4. The summed E-state index contributed by atoms with van der Waals surface area (Å²) in [6.45, 7) is 1.89. The third-order valence-electron chi connectivity index (χ3n) is 5.28. The predicted octanol–water partition coefficient (Wildman–Crippen LogP) is 2.46. The molecule has 3 aromatic heterocycles. The van der Waals surface area contributed by atoms with Crippen LogP contribution in [0.25, 0.3) is 10.4 Å². The van der Waals surface area contributed by atoms with Gasteiger partial charge in [-0.15, -0.1) is 21.5 Å². The monoisotopic (exact) mass is 497 g/mol. The molecule has 1 amide bonds. The number of aromatic nitrogens is 5. The number of tetrazole rings is 1. The number of benzene rings is 1. The fourth-order valence-corrected chi connectivity index (χ4v) is 4.50. The summed E-state index contributed by atoms with van der Waals surface area (Å²) >= 11 is 1.19. The topological polar surface area (TPSA) is 152 Å². The number of primary amides is 1. The number of aliphatic hydroxyl groups is 2. The maximum Gasteiger partial charge on any atom is 0.251 e. The van der Waals surface area contributed by atoms with E-state index in [2.05, 4.69) is 25.7 Å². The molecule has 0 saturated heterocycles. The van der Waals surface area contributed by atoms with Crippen molar-refractivity contribution in [2.24, 2.45) is 5.73 Å². The van der Waals surface area contributed by atoms with E-state index in [-0.39, 0.29) is 31.2 Å². The quantitative estimate of drug-likeness (QED) is 0.261. The van der Waals surface area contributed by atoms with Gasteiger partial charge < -0.3 is 21.3 Å². The van der Waals surface area contributed by atoms with Gasteiger partial charge in [-0.3, -0.25) is 4.79 Å². The number of thiophene rings is 1. The lowest BCUT2D eigenvalue weighted by Gasteiger charge is -2.09. The summed E-state index contributed by atoms with van der Waals surface area (Å²) in [5.41, 5.74) is 7.48. The molecule has 182 valence electrons. The zero-order valence-corrected chi connectivity index (χ0v) is 19.7. The average molecular weight is 498 g/mol. The maximum absolute atomic E-state index is 14.9. The van der Waals surface area contributed by atoms with Crippen LogP contribution >= 0.6 is 11.3 Å². The van der Waals surface area contributed by atoms with Crippen molar-refractivity contribution >= 4 is 28.1 Å². The maximum atomic E-state index is 14.9. The highest BCUT2D eigenvalue weighted by atomic mass is 32.1. The molecule has 0 radical (unpaired) electrons. The van der Waals surface area contributed by atoms with Gasteiger partial charge in [0.2, 0.25) is 0 Å². The van der Waals surface area contributed by atoms with Gasteiger partial charge >= 0.3 is 0 Å². The lowest BCUT2D eigenvalue weighted by atomic mass is 9.99. The van der Waals surface area contributed by atoms with Crippen molar-refractivity contribution in [1.82, 2.24) is 25.2 Å². The number of nitrogens with two attached hydrogens (primary N) is 1. The van der Waals surface area contributed by atoms with Gasteiger partial charge in [-0.2, -0.15) is 4.80 Å². The summed E-state index contributed by atoms with van der Waals surface area (Å²) in [5, 5.41) is 33.8. The third kappa shape index (κ3) is 5.67. The van der Waals surface area contributed by atoms with Gasteiger partial charge in [0.05, 0.1) is 30.8 Å². The highest BCUT2D eigenvalue weighted by Gasteiger charge is 2.18. The van der Waals surface area contributed by atoms with E-state index in [0.717, 1.165) is 0 Å². The van der Waals surface area contributed by atoms with E-state index >= 15 is 0 Å². The van der Waals surface area contributed by atoms with Crippen LogP contribution in [0, 0.1) is 5.82 Å². The molecule has 0 aliphatic rings. The summed E-state index contributed by atoms with van der Waals surface area (Å²) in [4.78, 5) is 18.5. The van der Waals surface area contributed by atoms with Crippen LogP contribution in [0.4, 0.5) is 15.2 Å². The number of nitrogens with one attached hydrogen (secondary N) is 1. The van der Waals surface area contributed by atoms with E-state index < -0.39 is 11.7 Å². The van der Waals surface area contributed by atoms with Crippen molar-refractivity contribution < 1.29 is 19.4 Å². The molecule has 0 bridgehead atoms. The van der Waals surface area contributed by atoms with Gasteiger partial charge in [0.25, 0.3) is 5.91 Å².